The van der Waals surface area contributed by atoms with E-state index < -0.39 is 18.0 Å². The molecule has 0 aliphatic carbocycles. The summed E-state index contributed by atoms with van der Waals surface area (Å²) in [6.45, 7) is -0.334. The van der Waals surface area contributed by atoms with Gasteiger partial charge in [-0.2, -0.15) is 0 Å². The minimum Gasteiger partial charge on any atom is -0.480 e. The summed E-state index contributed by atoms with van der Waals surface area (Å²) < 4.78 is 0. The van der Waals surface area contributed by atoms with Gasteiger partial charge in [0.15, 0.2) is 0 Å². The minimum absolute atomic E-state index is 0.0677. The van der Waals surface area contributed by atoms with Gasteiger partial charge in [-0.15, -0.1) is 0 Å². The number of hydrogen-bond acceptors (Lipinski definition) is 5. The predicted molar refractivity (Wildman–Crippen MR) is 57.3 cm³/mol. The molecule has 92 valence electrons. The molecular weight excluding hydrogens is 228 g/mol. The second-order valence-corrected chi connectivity index (χ2v) is 3.07. The quantitative estimate of drug-likeness (QED) is 0.546. The molecule has 0 fully saturated rings. The number of anilines is 1. The molecule has 0 radical (unpaired) electrons. The summed E-state index contributed by atoms with van der Waals surface area (Å²) in [6, 6.07) is -0.310. The second-order valence-electron chi connectivity index (χ2n) is 3.07. The van der Waals surface area contributed by atoms with Crippen molar-refractivity contribution in [3.05, 3.63) is 18.5 Å². The van der Waals surface area contributed by atoms with Gasteiger partial charge in [-0.25, -0.2) is 19.6 Å². The van der Waals surface area contributed by atoms with Crippen LogP contribution in [0.4, 0.5) is 10.7 Å². The van der Waals surface area contributed by atoms with Crippen LogP contribution in [-0.2, 0) is 4.79 Å². The Bertz CT molecular complexity index is 384. The molecule has 0 bridgehead atoms. The van der Waals surface area contributed by atoms with Gasteiger partial charge in [0.05, 0.1) is 0 Å². The van der Waals surface area contributed by atoms with E-state index in [2.05, 4.69) is 20.6 Å². The van der Waals surface area contributed by atoms with Gasteiger partial charge < -0.3 is 15.5 Å². The monoisotopic (exact) mass is 240 g/mol. The van der Waals surface area contributed by atoms with Crippen LogP contribution in [0.2, 0.25) is 0 Å². The van der Waals surface area contributed by atoms with Crippen molar-refractivity contribution in [2.75, 3.05) is 11.9 Å². The van der Waals surface area contributed by atoms with E-state index in [0.29, 0.717) is 0 Å². The highest BCUT2D eigenvalue weighted by Crippen LogP contribution is 1.96. The van der Waals surface area contributed by atoms with Crippen LogP contribution in [0.3, 0.4) is 0 Å². The predicted octanol–water partition coefficient (Wildman–Crippen LogP) is -0.566. The first-order chi connectivity index (χ1) is 8.13. The maximum absolute atomic E-state index is 11.4. The van der Waals surface area contributed by atoms with Crippen molar-refractivity contribution in [2.24, 2.45) is 0 Å². The summed E-state index contributed by atoms with van der Waals surface area (Å²) in [7, 11) is 0. The highest BCUT2D eigenvalue weighted by Gasteiger charge is 2.19. The largest absolute Gasteiger partial charge is 0.480 e. The van der Waals surface area contributed by atoms with E-state index in [1.54, 1.807) is 6.07 Å². The van der Waals surface area contributed by atoms with E-state index in [-0.39, 0.29) is 19.0 Å². The summed E-state index contributed by atoms with van der Waals surface area (Å²) in [5.41, 5.74) is 0. The number of urea groups is 1. The molecule has 0 saturated heterocycles. The number of aliphatic hydroxyl groups excluding tert-OH is 1. The van der Waals surface area contributed by atoms with Crippen molar-refractivity contribution in [3.63, 3.8) is 0 Å². The lowest BCUT2D eigenvalue weighted by Crippen LogP contribution is -2.43. The smallest absolute Gasteiger partial charge is 0.326 e. The first kappa shape index (κ1) is 12.8. The molecule has 0 saturated carbocycles. The van der Waals surface area contributed by atoms with Gasteiger partial charge in [-0.1, -0.05) is 0 Å². The van der Waals surface area contributed by atoms with Crippen molar-refractivity contribution in [1.82, 2.24) is 15.3 Å². The van der Waals surface area contributed by atoms with Gasteiger partial charge in [-0.05, 0) is 6.07 Å². The molecule has 4 N–H and O–H groups in total. The van der Waals surface area contributed by atoms with E-state index in [9.17, 15) is 9.59 Å². The fourth-order valence-corrected chi connectivity index (χ4v) is 1.05. The second kappa shape index (κ2) is 6.38. The number of aliphatic hydroxyl groups is 1. The molecule has 1 atom stereocenters. The number of carboxylic acid groups (broad SMARTS) is 1. The van der Waals surface area contributed by atoms with Gasteiger partial charge in [0.25, 0.3) is 0 Å². The molecule has 0 aliphatic rings. The normalized spacial score (nSPS) is 11.6. The number of nitrogens with one attached hydrogen (secondary N) is 2. The zero-order valence-electron chi connectivity index (χ0n) is 8.83. The number of carbonyl (C=O) groups excluding carboxylic acids is 1. The van der Waals surface area contributed by atoms with Gasteiger partial charge in [0.1, 0.15) is 6.04 Å². The Morgan fingerprint density at radius 1 is 1.35 bits per heavy atom. The van der Waals surface area contributed by atoms with Crippen molar-refractivity contribution in [3.8, 4) is 0 Å². The van der Waals surface area contributed by atoms with E-state index in [0.717, 1.165) is 0 Å². The fraction of sp³-hybridized carbons (Fsp3) is 0.333. The van der Waals surface area contributed by atoms with Gasteiger partial charge in [-0.3, -0.25) is 5.32 Å². The molecule has 8 nitrogen and oxygen atoms in total. The number of aromatic nitrogens is 2. The fourth-order valence-electron chi connectivity index (χ4n) is 1.05. The molecule has 1 heterocycles. The lowest BCUT2D eigenvalue weighted by atomic mass is 10.2. The molecule has 0 aliphatic heterocycles. The maximum Gasteiger partial charge on any atom is 0.326 e. The zero-order chi connectivity index (χ0) is 12.7. The molecule has 0 spiro atoms. The molecule has 17 heavy (non-hydrogen) atoms. The highest BCUT2D eigenvalue weighted by molar-refractivity contribution is 5.90. The summed E-state index contributed by atoms with van der Waals surface area (Å²) in [6.07, 6.45) is 2.80. The Morgan fingerprint density at radius 3 is 2.53 bits per heavy atom. The number of hydrogen-bond donors (Lipinski definition) is 4. The van der Waals surface area contributed by atoms with Crippen molar-refractivity contribution < 1.29 is 19.8 Å². The van der Waals surface area contributed by atoms with Crippen molar-refractivity contribution in [1.29, 1.82) is 0 Å². The van der Waals surface area contributed by atoms with Gasteiger partial charge >= 0.3 is 12.0 Å². The Balaban J connectivity index is 2.51. The average Bonchev–Trinajstić information content (AvgIpc) is 2.29. The standard InChI is InChI=1S/C9H12N4O4/c14-5-2-6(7(15)16)12-9(17)13-8-10-3-1-4-11-8/h1,3-4,6,14H,2,5H2,(H,15,16)(H2,10,11,12,13,17). The average molecular weight is 240 g/mol. The van der Waals surface area contributed by atoms with E-state index >= 15 is 0 Å². The third kappa shape index (κ3) is 4.43. The topological polar surface area (TPSA) is 124 Å². The van der Waals surface area contributed by atoms with Crippen LogP contribution in [0, 0.1) is 0 Å². The molecule has 1 aromatic heterocycles. The first-order valence-corrected chi connectivity index (χ1v) is 4.81. The third-order valence-corrected chi connectivity index (χ3v) is 1.81. The van der Waals surface area contributed by atoms with Crippen molar-refractivity contribution in [2.45, 2.75) is 12.5 Å². The number of amides is 2. The zero-order valence-corrected chi connectivity index (χ0v) is 8.83. The summed E-state index contributed by atoms with van der Waals surface area (Å²) in [5, 5.41) is 21.8. The Hall–Kier alpha value is -2.22. The van der Waals surface area contributed by atoms with Crippen LogP contribution in [0.15, 0.2) is 18.5 Å². The van der Waals surface area contributed by atoms with Crippen LogP contribution in [0.5, 0.6) is 0 Å². The van der Waals surface area contributed by atoms with Crippen molar-refractivity contribution >= 4 is 17.9 Å². The SMILES string of the molecule is O=C(Nc1ncccn1)NC(CCO)C(=O)O. The maximum atomic E-state index is 11.4. The number of aliphatic carboxylic acids is 1. The molecule has 1 aromatic rings. The Kier molecular flexibility index (Phi) is 4.82. The molecule has 1 unspecified atom stereocenters. The van der Waals surface area contributed by atoms with Crippen LogP contribution < -0.4 is 10.6 Å². The highest BCUT2D eigenvalue weighted by atomic mass is 16.4. The third-order valence-electron chi connectivity index (χ3n) is 1.81. The van der Waals surface area contributed by atoms with Crippen LogP contribution in [-0.4, -0.2) is 44.8 Å². The number of carbonyl (C=O) groups is 2. The summed E-state index contributed by atoms with van der Waals surface area (Å²) in [5.74, 6) is -1.15. The summed E-state index contributed by atoms with van der Waals surface area (Å²) in [4.78, 5) is 29.5. The van der Waals surface area contributed by atoms with E-state index in [1.807, 2.05) is 0 Å². The van der Waals surface area contributed by atoms with Gasteiger partial charge in [0, 0.05) is 25.4 Å². The molecule has 1 rings (SSSR count). The van der Waals surface area contributed by atoms with E-state index in [4.69, 9.17) is 10.2 Å². The Labute approximate surface area is 96.7 Å². The van der Waals surface area contributed by atoms with Crippen LogP contribution in [0.25, 0.3) is 0 Å². The van der Waals surface area contributed by atoms with Gasteiger partial charge in [0.2, 0.25) is 5.95 Å². The molecule has 2 amide bonds. The van der Waals surface area contributed by atoms with Crippen LogP contribution >= 0.6 is 0 Å². The number of rotatable bonds is 5. The first-order valence-electron chi connectivity index (χ1n) is 4.81. The Morgan fingerprint density at radius 2 is 2.00 bits per heavy atom. The molecule has 0 aromatic carbocycles. The molecule has 8 heteroatoms. The lowest BCUT2D eigenvalue weighted by molar-refractivity contribution is -0.139. The lowest BCUT2D eigenvalue weighted by Gasteiger charge is -2.13. The number of carboxylic acids is 1. The molecular formula is C9H12N4O4. The number of nitrogens with zero attached hydrogens (tertiary/aromatic N) is 2. The summed E-state index contributed by atoms with van der Waals surface area (Å²) >= 11 is 0. The minimum atomic E-state index is -1.22. The van der Waals surface area contributed by atoms with E-state index in [1.165, 1.54) is 12.4 Å². The van der Waals surface area contributed by atoms with Crippen LogP contribution in [0.1, 0.15) is 6.42 Å².